The first-order chi connectivity index (χ1) is 15.1. The zero-order valence-corrected chi connectivity index (χ0v) is 19.1. The fourth-order valence-corrected chi connectivity index (χ4v) is 5.48. The number of hydrogen-bond donors (Lipinski definition) is 4. The molecule has 2 aliphatic heterocycles. The molecule has 0 aromatic heterocycles. The molecule has 3 aliphatic rings. The number of rotatable bonds is 14. The van der Waals surface area contributed by atoms with E-state index < -0.39 is 0 Å². The van der Waals surface area contributed by atoms with Crippen LogP contribution in [-0.4, -0.2) is 66.5 Å². The number of ether oxygens (including phenoxy) is 1. The van der Waals surface area contributed by atoms with E-state index in [1.165, 1.54) is 6.26 Å². The van der Waals surface area contributed by atoms with E-state index in [2.05, 4.69) is 16.0 Å². The molecule has 0 bridgehead atoms. The van der Waals surface area contributed by atoms with Crippen LogP contribution >= 0.6 is 20.8 Å². The Morgan fingerprint density at radius 1 is 1.29 bits per heavy atom. The van der Waals surface area contributed by atoms with Gasteiger partial charge in [0.15, 0.2) is 0 Å². The van der Waals surface area contributed by atoms with Gasteiger partial charge in [0, 0.05) is 29.5 Å². The molecular formula is C20H30N3O6PS. The van der Waals surface area contributed by atoms with Crippen LogP contribution in [0.4, 0.5) is 4.79 Å². The first-order valence-corrected chi connectivity index (χ1v) is 12.3. The average molecular weight is 472 g/mol. The summed E-state index contributed by atoms with van der Waals surface area (Å²) in [4.78, 5) is 23.3. The number of thioether (sulfide) groups is 1. The lowest BCUT2D eigenvalue weighted by atomic mass is 10.0. The largest absolute Gasteiger partial charge is 0.508 e. The predicted molar refractivity (Wildman–Crippen MR) is 121 cm³/mol. The highest BCUT2D eigenvalue weighted by Crippen LogP contribution is 2.33. The van der Waals surface area contributed by atoms with E-state index in [1.807, 2.05) is 11.8 Å². The molecule has 3 amide bonds. The number of urea groups is 1. The van der Waals surface area contributed by atoms with Crippen LogP contribution in [0.1, 0.15) is 25.7 Å². The average Bonchev–Trinajstić information content (AvgIpc) is 3.43. The Labute approximate surface area is 188 Å². The summed E-state index contributed by atoms with van der Waals surface area (Å²) in [6.07, 6.45) is 9.81. The van der Waals surface area contributed by atoms with Crippen LogP contribution in [0.15, 0.2) is 35.8 Å². The van der Waals surface area contributed by atoms with Gasteiger partial charge in [-0.05, 0) is 31.1 Å². The van der Waals surface area contributed by atoms with Crippen molar-refractivity contribution < 1.29 is 28.5 Å². The van der Waals surface area contributed by atoms with E-state index >= 15 is 0 Å². The van der Waals surface area contributed by atoms with Crippen LogP contribution < -0.4 is 16.0 Å². The number of aliphatic hydroxyl groups excluding tert-OH is 1. The van der Waals surface area contributed by atoms with Gasteiger partial charge in [-0.2, -0.15) is 11.8 Å². The summed E-state index contributed by atoms with van der Waals surface area (Å²) in [6.45, 7) is 1.75. The lowest BCUT2D eigenvalue weighted by Gasteiger charge is -2.16. The molecule has 2 heterocycles. The first kappa shape index (κ1) is 23.9. The van der Waals surface area contributed by atoms with Gasteiger partial charge in [-0.3, -0.25) is 4.79 Å². The van der Waals surface area contributed by atoms with Gasteiger partial charge < -0.3 is 34.8 Å². The zero-order chi connectivity index (χ0) is 21.9. The molecule has 0 radical (unpaired) electrons. The Morgan fingerprint density at radius 3 is 3.03 bits per heavy atom. The molecule has 0 aromatic rings. The SMILES string of the molecule is O=C(CCCCC1SCC2NC(=O)NC21)NCCOCCOPO/C=C1/C=CC(O)=C1. The van der Waals surface area contributed by atoms with E-state index in [-0.39, 0.29) is 38.8 Å². The van der Waals surface area contributed by atoms with Gasteiger partial charge in [-0.1, -0.05) is 6.42 Å². The molecule has 0 spiro atoms. The van der Waals surface area contributed by atoms with E-state index in [4.69, 9.17) is 13.8 Å². The molecule has 4 N–H and O–H groups in total. The highest BCUT2D eigenvalue weighted by Gasteiger charge is 2.42. The molecule has 11 heteroatoms. The summed E-state index contributed by atoms with van der Waals surface area (Å²) in [7, 11) is -0.137. The van der Waals surface area contributed by atoms with Gasteiger partial charge in [-0.25, -0.2) is 4.79 Å². The van der Waals surface area contributed by atoms with Gasteiger partial charge >= 0.3 is 6.03 Å². The molecule has 3 rings (SSSR count). The van der Waals surface area contributed by atoms with Gasteiger partial charge in [0.05, 0.1) is 38.2 Å². The Balaban J connectivity index is 1.09. The lowest BCUT2D eigenvalue weighted by Crippen LogP contribution is -2.36. The van der Waals surface area contributed by atoms with E-state index in [1.54, 1.807) is 18.2 Å². The summed E-state index contributed by atoms with van der Waals surface area (Å²) in [5, 5.41) is 18.4. The second kappa shape index (κ2) is 13.0. The summed E-state index contributed by atoms with van der Waals surface area (Å²) in [6, 6.07) is 0.424. The van der Waals surface area contributed by atoms with Crippen LogP contribution in [0.5, 0.6) is 0 Å². The number of carbonyl (C=O) groups is 2. The molecule has 0 aromatic carbocycles. The number of carbonyl (C=O) groups excluding carboxylic acids is 2. The number of nitrogens with one attached hydrogen (secondary N) is 3. The number of fused-ring (bicyclic) bond motifs is 1. The molecule has 2 fully saturated rings. The van der Waals surface area contributed by atoms with Crippen LogP contribution in [-0.2, 0) is 18.6 Å². The fourth-order valence-electron chi connectivity index (χ4n) is 3.52. The topological polar surface area (TPSA) is 118 Å². The molecular weight excluding hydrogens is 441 g/mol. The van der Waals surface area contributed by atoms with Crippen molar-refractivity contribution in [2.45, 2.75) is 43.0 Å². The van der Waals surface area contributed by atoms with Gasteiger partial charge in [0.1, 0.15) is 5.76 Å². The zero-order valence-electron chi connectivity index (χ0n) is 17.3. The Hall–Kier alpha value is -1.74. The van der Waals surface area contributed by atoms with Crippen molar-refractivity contribution in [2.75, 3.05) is 32.1 Å². The molecule has 9 nitrogen and oxygen atoms in total. The summed E-state index contributed by atoms with van der Waals surface area (Å²) >= 11 is 1.90. The molecule has 4 unspecified atom stereocenters. The Morgan fingerprint density at radius 2 is 2.19 bits per heavy atom. The van der Waals surface area contributed by atoms with Crippen LogP contribution in [0.2, 0.25) is 0 Å². The van der Waals surface area contributed by atoms with Crippen molar-refractivity contribution in [1.82, 2.24) is 16.0 Å². The highest BCUT2D eigenvalue weighted by atomic mass is 32.2. The minimum absolute atomic E-state index is 0.0385. The maximum atomic E-state index is 11.9. The smallest absolute Gasteiger partial charge is 0.315 e. The van der Waals surface area contributed by atoms with Crippen molar-refractivity contribution in [3.05, 3.63) is 35.8 Å². The van der Waals surface area contributed by atoms with Crippen molar-refractivity contribution in [3.8, 4) is 0 Å². The molecule has 4 atom stereocenters. The molecule has 172 valence electrons. The molecule has 1 aliphatic carbocycles. The van der Waals surface area contributed by atoms with Crippen molar-refractivity contribution in [1.29, 1.82) is 0 Å². The maximum absolute atomic E-state index is 11.9. The minimum atomic E-state index is -0.137. The third-order valence-corrected chi connectivity index (χ3v) is 7.09. The Kier molecular flexibility index (Phi) is 9.99. The number of allylic oxidation sites excluding steroid dienone is 4. The van der Waals surface area contributed by atoms with Gasteiger partial charge in [-0.15, -0.1) is 0 Å². The third kappa shape index (κ3) is 8.37. The van der Waals surface area contributed by atoms with Crippen molar-refractivity contribution in [2.24, 2.45) is 0 Å². The van der Waals surface area contributed by atoms with Crippen molar-refractivity contribution >= 4 is 32.7 Å². The fraction of sp³-hybridized carbons (Fsp3) is 0.600. The van der Waals surface area contributed by atoms with Crippen molar-refractivity contribution in [3.63, 3.8) is 0 Å². The normalized spacial score (nSPS) is 25.7. The second-order valence-corrected chi connectivity index (χ2v) is 9.36. The summed E-state index contributed by atoms with van der Waals surface area (Å²) in [5.41, 5.74) is 0.784. The van der Waals surface area contributed by atoms with Crippen LogP contribution in [0, 0.1) is 0 Å². The number of unbranched alkanes of at least 4 members (excludes halogenated alkanes) is 1. The minimum Gasteiger partial charge on any atom is -0.508 e. The van der Waals surface area contributed by atoms with Crippen LogP contribution in [0.25, 0.3) is 0 Å². The van der Waals surface area contributed by atoms with E-state index in [0.29, 0.717) is 38.0 Å². The molecule has 0 saturated carbocycles. The number of aliphatic hydroxyl groups is 1. The standard InChI is InChI=1S/C20H30N3O6PS/c24-15-6-5-14(11-15)12-29-30-28-10-9-27-8-7-21-18(25)4-2-1-3-17-19-16(13-31-17)22-20(26)23-19/h5-6,11-12,16-17,19,24,30H,1-4,7-10,13H2,(H,21,25)(H2,22,23,26)/b14-12-. The molecule has 2 saturated heterocycles. The quantitative estimate of drug-likeness (QED) is 0.133. The third-order valence-electron chi connectivity index (χ3n) is 5.04. The lowest BCUT2D eigenvalue weighted by molar-refractivity contribution is -0.121. The first-order valence-electron chi connectivity index (χ1n) is 10.5. The summed E-state index contributed by atoms with van der Waals surface area (Å²) < 4.78 is 15.9. The van der Waals surface area contributed by atoms with E-state index in [0.717, 1.165) is 30.6 Å². The van der Waals surface area contributed by atoms with E-state index in [9.17, 15) is 14.7 Å². The second-order valence-electron chi connectivity index (χ2n) is 7.40. The highest BCUT2D eigenvalue weighted by molar-refractivity contribution is 8.00. The predicted octanol–water partition coefficient (Wildman–Crippen LogP) is 2.28. The number of hydrogen-bond acceptors (Lipinski definition) is 7. The van der Waals surface area contributed by atoms with Gasteiger partial charge in [0.2, 0.25) is 14.9 Å². The Bertz CT molecular complexity index is 717. The summed E-state index contributed by atoms with van der Waals surface area (Å²) in [5.74, 6) is 1.21. The number of amides is 3. The van der Waals surface area contributed by atoms with Crippen LogP contribution in [0.3, 0.4) is 0 Å². The maximum Gasteiger partial charge on any atom is 0.315 e. The van der Waals surface area contributed by atoms with Gasteiger partial charge in [0.25, 0.3) is 0 Å². The molecule has 31 heavy (non-hydrogen) atoms. The monoisotopic (exact) mass is 471 g/mol.